The lowest BCUT2D eigenvalue weighted by molar-refractivity contribution is -0.140. The maximum Gasteiger partial charge on any atom is 0.310 e. The van der Waals surface area contributed by atoms with Gasteiger partial charge in [-0.15, -0.1) is 11.8 Å². The van der Waals surface area contributed by atoms with Gasteiger partial charge in [0.2, 0.25) is 5.91 Å². The minimum absolute atomic E-state index is 0.0680. The molecule has 0 heterocycles. The lowest BCUT2D eigenvalue weighted by Gasteiger charge is -2.12. The van der Waals surface area contributed by atoms with Crippen LogP contribution in [0.25, 0.3) is 0 Å². The van der Waals surface area contributed by atoms with E-state index in [9.17, 15) is 9.59 Å². The summed E-state index contributed by atoms with van der Waals surface area (Å²) in [6.45, 7) is 4.05. The molecule has 2 unspecified atom stereocenters. The van der Waals surface area contributed by atoms with Crippen LogP contribution < -0.4 is 5.32 Å². The van der Waals surface area contributed by atoms with Gasteiger partial charge in [0.1, 0.15) is 0 Å². The SMILES string of the molecule is Cc1ccc(C)c(SCC(=O)NC2C=CC(C(=O)O)C2)c1. The molecule has 5 heteroatoms. The molecule has 1 aromatic carbocycles. The predicted octanol–water partition coefficient (Wildman–Crippen LogP) is 2.54. The minimum Gasteiger partial charge on any atom is -0.481 e. The van der Waals surface area contributed by atoms with Crippen LogP contribution in [0.1, 0.15) is 17.5 Å². The van der Waals surface area contributed by atoms with Crippen molar-refractivity contribution >= 4 is 23.6 Å². The van der Waals surface area contributed by atoms with E-state index in [1.54, 1.807) is 12.2 Å². The molecular weight excluding hydrogens is 286 g/mol. The molecule has 1 aliphatic carbocycles. The fourth-order valence-corrected chi connectivity index (χ4v) is 3.18. The number of hydrogen-bond acceptors (Lipinski definition) is 3. The van der Waals surface area contributed by atoms with Crippen molar-refractivity contribution in [3.05, 3.63) is 41.5 Å². The molecule has 2 rings (SSSR count). The Morgan fingerprint density at radius 3 is 2.76 bits per heavy atom. The van der Waals surface area contributed by atoms with Crippen LogP contribution in [0, 0.1) is 19.8 Å². The first-order valence-electron chi connectivity index (χ1n) is 6.86. The van der Waals surface area contributed by atoms with Crippen molar-refractivity contribution in [2.45, 2.75) is 31.2 Å². The predicted molar refractivity (Wildman–Crippen MR) is 83.5 cm³/mol. The van der Waals surface area contributed by atoms with Crippen LogP contribution in [0.15, 0.2) is 35.2 Å². The zero-order chi connectivity index (χ0) is 15.4. The first kappa shape index (κ1) is 15.6. The number of thioether (sulfide) groups is 1. The van der Waals surface area contributed by atoms with Crippen molar-refractivity contribution in [3.63, 3.8) is 0 Å². The van der Waals surface area contributed by atoms with E-state index < -0.39 is 11.9 Å². The monoisotopic (exact) mass is 305 g/mol. The topological polar surface area (TPSA) is 66.4 Å². The number of benzene rings is 1. The molecule has 112 valence electrons. The molecule has 0 saturated carbocycles. The summed E-state index contributed by atoms with van der Waals surface area (Å²) >= 11 is 1.51. The lowest BCUT2D eigenvalue weighted by atomic mass is 10.1. The summed E-state index contributed by atoms with van der Waals surface area (Å²) < 4.78 is 0. The summed E-state index contributed by atoms with van der Waals surface area (Å²) in [6, 6.07) is 6.00. The molecule has 2 atom stereocenters. The van der Waals surface area contributed by atoms with E-state index in [4.69, 9.17) is 5.11 Å². The minimum atomic E-state index is -0.840. The zero-order valence-electron chi connectivity index (χ0n) is 12.1. The Balaban J connectivity index is 1.82. The van der Waals surface area contributed by atoms with Crippen LogP contribution in [-0.2, 0) is 9.59 Å². The normalized spacial score (nSPS) is 20.5. The standard InChI is InChI=1S/C16H19NO3S/c1-10-3-4-11(2)14(7-10)21-9-15(18)17-13-6-5-12(8-13)16(19)20/h3-7,12-13H,8-9H2,1-2H3,(H,17,18)(H,19,20). The van der Waals surface area contributed by atoms with Crippen LogP contribution in [0.2, 0.25) is 0 Å². The first-order chi connectivity index (χ1) is 9.95. The summed E-state index contributed by atoms with van der Waals surface area (Å²) in [5.41, 5.74) is 2.33. The van der Waals surface area contributed by atoms with Gasteiger partial charge in [-0.1, -0.05) is 29.8 Å². The second-order valence-electron chi connectivity index (χ2n) is 5.30. The number of rotatable bonds is 5. The van der Waals surface area contributed by atoms with Gasteiger partial charge in [-0.2, -0.15) is 0 Å². The Hall–Kier alpha value is -1.75. The van der Waals surface area contributed by atoms with E-state index in [0.717, 1.165) is 10.5 Å². The fraction of sp³-hybridized carbons (Fsp3) is 0.375. The van der Waals surface area contributed by atoms with Gasteiger partial charge in [-0.3, -0.25) is 9.59 Å². The molecular formula is C16H19NO3S. The summed E-state index contributed by atoms with van der Waals surface area (Å²) in [6.07, 6.45) is 3.85. The summed E-state index contributed by atoms with van der Waals surface area (Å²) in [4.78, 5) is 23.9. The fourth-order valence-electron chi connectivity index (χ4n) is 2.24. The average molecular weight is 305 g/mol. The molecule has 1 amide bonds. The van der Waals surface area contributed by atoms with Crippen molar-refractivity contribution in [3.8, 4) is 0 Å². The van der Waals surface area contributed by atoms with Crippen molar-refractivity contribution in [2.24, 2.45) is 5.92 Å². The summed E-state index contributed by atoms with van der Waals surface area (Å²) in [5, 5.41) is 11.8. The van der Waals surface area contributed by atoms with Crippen molar-refractivity contribution in [2.75, 3.05) is 5.75 Å². The second kappa shape index (κ2) is 6.80. The van der Waals surface area contributed by atoms with Gasteiger partial charge in [0, 0.05) is 10.9 Å². The third kappa shape index (κ3) is 4.36. The molecule has 1 aliphatic rings. The summed E-state index contributed by atoms with van der Waals surface area (Å²) in [5.74, 6) is -1.05. The molecule has 4 nitrogen and oxygen atoms in total. The largest absolute Gasteiger partial charge is 0.481 e. The van der Waals surface area contributed by atoms with Gasteiger partial charge in [0.25, 0.3) is 0 Å². The Morgan fingerprint density at radius 1 is 1.33 bits per heavy atom. The molecule has 0 aliphatic heterocycles. The van der Waals surface area contributed by atoms with E-state index in [0.29, 0.717) is 12.2 Å². The molecule has 1 aromatic rings. The van der Waals surface area contributed by atoms with E-state index in [1.165, 1.54) is 17.3 Å². The Kier molecular flexibility index (Phi) is 5.07. The van der Waals surface area contributed by atoms with Crippen molar-refractivity contribution < 1.29 is 14.7 Å². The number of carbonyl (C=O) groups excluding carboxylic acids is 1. The average Bonchev–Trinajstić information content (AvgIpc) is 2.88. The van der Waals surface area contributed by atoms with Crippen LogP contribution in [0.5, 0.6) is 0 Å². The molecule has 0 bridgehead atoms. The smallest absolute Gasteiger partial charge is 0.310 e. The van der Waals surface area contributed by atoms with Crippen LogP contribution in [0.3, 0.4) is 0 Å². The second-order valence-corrected chi connectivity index (χ2v) is 6.31. The molecule has 0 aromatic heterocycles. The number of carboxylic acid groups (broad SMARTS) is 1. The third-order valence-electron chi connectivity index (χ3n) is 3.45. The molecule has 2 N–H and O–H groups in total. The number of carboxylic acids is 1. The highest BCUT2D eigenvalue weighted by molar-refractivity contribution is 8.00. The van der Waals surface area contributed by atoms with Gasteiger partial charge in [0.15, 0.2) is 0 Å². The molecule has 21 heavy (non-hydrogen) atoms. The number of carbonyl (C=O) groups is 2. The quantitative estimate of drug-likeness (QED) is 0.648. The number of nitrogens with one attached hydrogen (secondary N) is 1. The highest BCUT2D eigenvalue weighted by Crippen LogP contribution is 2.24. The van der Waals surface area contributed by atoms with Crippen molar-refractivity contribution in [1.29, 1.82) is 0 Å². The first-order valence-corrected chi connectivity index (χ1v) is 7.85. The number of amides is 1. The Bertz CT molecular complexity index is 583. The Labute approximate surface area is 128 Å². The lowest BCUT2D eigenvalue weighted by Crippen LogP contribution is -2.34. The van der Waals surface area contributed by atoms with Gasteiger partial charge >= 0.3 is 5.97 Å². The highest BCUT2D eigenvalue weighted by Gasteiger charge is 2.25. The maximum atomic E-state index is 11.9. The Morgan fingerprint density at radius 2 is 2.10 bits per heavy atom. The zero-order valence-corrected chi connectivity index (χ0v) is 12.9. The van der Waals surface area contributed by atoms with Crippen LogP contribution in [0.4, 0.5) is 0 Å². The van der Waals surface area contributed by atoms with Crippen molar-refractivity contribution in [1.82, 2.24) is 5.32 Å². The van der Waals surface area contributed by atoms with E-state index >= 15 is 0 Å². The highest BCUT2D eigenvalue weighted by atomic mass is 32.2. The van der Waals surface area contributed by atoms with E-state index in [2.05, 4.69) is 17.4 Å². The molecule has 0 spiro atoms. The number of aryl methyl sites for hydroxylation is 2. The number of hydrogen-bond donors (Lipinski definition) is 2. The van der Waals surface area contributed by atoms with Gasteiger partial charge < -0.3 is 10.4 Å². The van der Waals surface area contributed by atoms with Gasteiger partial charge in [0.05, 0.1) is 11.7 Å². The van der Waals surface area contributed by atoms with Gasteiger partial charge in [-0.05, 0) is 31.9 Å². The van der Waals surface area contributed by atoms with Crippen LogP contribution >= 0.6 is 11.8 Å². The number of aliphatic carboxylic acids is 1. The maximum absolute atomic E-state index is 11.9. The van der Waals surface area contributed by atoms with E-state index in [1.807, 2.05) is 19.9 Å². The van der Waals surface area contributed by atoms with E-state index in [-0.39, 0.29) is 11.9 Å². The molecule has 0 fully saturated rings. The third-order valence-corrected chi connectivity index (χ3v) is 4.61. The summed E-state index contributed by atoms with van der Waals surface area (Å²) in [7, 11) is 0. The van der Waals surface area contributed by atoms with Crippen LogP contribution in [-0.4, -0.2) is 28.8 Å². The molecule has 0 saturated heterocycles. The molecule has 0 radical (unpaired) electrons. The van der Waals surface area contributed by atoms with Gasteiger partial charge in [-0.25, -0.2) is 0 Å².